The van der Waals surface area contributed by atoms with Crippen molar-refractivity contribution in [3.8, 4) is 0 Å². The van der Waals surface area contributed by atoms with Crippen LogP contribution >= 0.6 is 0 Å². The number of nitrogens with zero attached hydrogens (tertiary/aromatic N) is 1. The quantitative estimate of drug-likeness (QED) is 0.715. The second-order valence-electron chi connectivity index (χ2n) is 5.80. The Morgan fingerprint density at radius 3 is 2.95 bits per heavy atom. The maximum absolute atomic E-state index is 5.70. The van der Waals surface area contributed by atoms with Gasteiger partial charge in [0.25, 0.3) is 0 Å². The van der Waals surface area contributed by atoms with Gasteiger partial charge in [-0.25, -0.2) is 0 Å². The zero-order valence-electron chi connectivity index (χ0n) is 13.0. The van der Waals surface area contributed by atoms with Gasteiger partial charge in [-0.2, -0.15) is 0 Å². The van der Waals surface area contributed by atoms with E-state index in [9.17, 15) is 0 Å². The summed E-state index contributed by atoms with van der Waals surface area (Å²) in [7, 11) is 1.75. The minimum absolute atomic E-state index is 0.545. The van der Waals surface area contributed by atoms with Crippen molar-refractivity contribution in [1.82, 2.24) is 10.2 Å². The number of ether oxygens (including phenoxy) is 1. The molecule has 1 unspecified atom stereocenters. The van der Waals surface area contributed by atoms with E-state index >= 15 is 0 Å². The third-order valence-electron chi connectivity index (χ3n) is 4.04. The molecule has 0 saturated heterocycles. The van der Waals surface area contributed by atoms with Crippen molar-refractivity contribution in [3.63, 3.8) is 0 Å². The van der Waals surface area contributed by atoms with Crippen molar-refractivity contribution < 1.29 is 9.15 Å². The predicted octanol–water partition coefficient (Wildman–Crippen LogP) is 2.78. The first-order valence-electron chi connectivity index (χ1n) is 7.75. The Morgan fingerprint density at radius 1 is 1.50 bits per heavy atom. The van der Waals surface area contributed by atoms with Crippen LogP contribution in [0.4, 0.5) is 0 Å². The molecule has 4 heteroatoms. The molecule has 0 bridgehead atoms. The molecule has 0 aromatic carbocycles. The van der Waals surface area contributed by atoms with E-state index in [0.29, 0.717) is 6.04 Å². The first-order valence-corrected chi connectivity index (χ1v) is 7.75. The highest BCUT2D eigenvalue weighted by Gasteiger charge is 2.20. The van der Waals surface area contributed by atoms with Crippen LogP contribution in [0.5, 0.6) is 0 Å². The lowest BCUT2D eigenvalue weighted by atomic mass is 10.2. The van der Waals surface area contributed by atoms with Crippen molar-refractivity contribution >= 4 is 0 Å². The molecule has 1 aromatic heterocycles. The SMILES string of the molecule is CCC(C)N(CCOC)Cc1cc(CNC2CC2)co1. The smallest absolute Gasteiger partial charge is 0.118 e. The molecule has 1 fully saturated rings. The summed E-state index contributed by atoms with van der Waals surface area (Å²) < 4.78 is 10.9. The summed E-state index contributed by atoms with van der Waals surface area (Å²) >= 11 is 0. The molecule has 0 radical (unpaired) electrons. The summed E-state index contributed by atoms with van der Waals surface area (Å²) in [6, 6.07) is 3.47. The zero-order valence-corrected chi connectivity index (χ0v) is 13.0. The van der Waals surface area contributed by atoms with Crippen LogP contribution in [-0.4, -0.2) is 37.2 Å². The third-order valence-corrected chi connectivity index (χ3v) is 4.04. The maximum atomic E-state index is 5.70. The molecule has 20 heavy (non-hydrogen) atoms. The van der Waals surface area contributed by atoms with Gasteiger partial charge in [0, 0.05) is 37.8 Å². The third kappa shape index (κ3) is 4.93. The van der Waals surface area contributed by atoms with Crippen LogP contribution in [0.1, 0.15) is 44.4 Å². The fourth-order valence-corrected chi connectivity index (χ4v) is 2.27. The summed E-state index contributed by atoms with van der Waals surface area (Å²) in [5, 5.41) is 3.51. The summed E-state index contributed by atoms with van der Waals surface area (Å²) in [4.78, 5) is 2.42. The highest BCUT2D eigenvalue weighted by atomic mass is 16.5. The maximum Gasteiger partial charge on any atom is 0.118 e. The van der Waals surface area contributed by atoms with E-state index in [1.165, 1.54) is 18.4 Å². The van der Waals surface area contributed by atoms with Crippen molar-refractivity contribution in [2.75, 3.05) is 20.3 Å². The molecule has 114 valence electrons. The van der Waals surface area contributed by atoms with Crippen LogP contribution in [0.25, 0.3) is 0 Å². The molecule has 1 saturated carbocycles. The zero-order chi connectivity index (χ0) is 14.4. The van der Waals surface area contributed by atoms with E-state index in [1.807, 2.05) is 6.26 Å². The molecular formula is C16H28N2O2. The standard InChI is InChI=1S/C16H28N2O2/c1-4-13(2)18(7-8-19-3)11-16-9-14(12-20-16)10-17-15-5-6-15/h9,12-13,15,17H,4-8,10-11H2,1-3H3. The Morgan fingerprint density at radius 2 is 2.30 bits per heavy atom. The highest BCUT2D eigenvalue weighted by Crippen LogP contribution is 2.20. The van der Waals surface area contributed by atoms with Crippen molar-refractivity contribution in [3.05, 3.63) is 23.7 Å². The van der Waals surface area contributed by atoms with E-state index in [2.05, 4.69) is 30.1 Å². The van der Waals surface area contributed by atoms with Gasteiger partial charge in [-0.15, -0.1) is 0 Å². The molecule has 1 aromatic rings. The topological polar surface area (TPSA) is 37.6 Å². The van der Waals surface area contributed by atoms with E-state index in [-0.39, 0.29) is 0 Å². The number of hydrogen-bond acceptors (Lipinski definition) is 4. The lowest BCUT2D eigenvalue weighted by Crippen LogP contribution is -2.34. The van der Waals surface area contributed by atoms with Crippen LogP contribution < -0.4 is 5.32 Å². The van der Waals surface area contributed by atoms with Gasteiger partial charge in [0.05, 0.1) is 19.4 Å². The van der Waals surface area contributed by atoms with Crippen LogP contribution in [0.2, 0.25) is 0 Å². The highest BCUT2D eigenvalue weighted by molar-refractivity contribution is 5.13. The number of furan rings is 1. The van der Waals surface area contributed by atoms with Gasteiger partial charge in [-0.05, 0) is 32.3 Å². The van der Waals surface area contributed by atoms with E-state index in [1.54, 1.807) is 7.11 Å². The molecule has 2 rings (SSSR count). The number of nitrogens with one attached hydrogen (secondary N) is 1. The minimum atomic E-state index is 0.545. The summed E-state index contributed by atoms with van der Waals surface area (Å²) in [5.74, 6) is 1.05. The number of rotatable bonds is 10. The molecule has 0 spiro atoms. The van der Waals surface area contributed by atoms with Gasteiger partial charge in [-0.1, -0.05) is 6.92 Å². The fourth-order valence-electron chi connectivity index (χ4n) is 2.27. The van der Waals surface area contributed by atoms with Crippen LogP contribution in [0.15, 0.2) is 16.7 Å². The van der Waals surface area contributed by atoms with Crippen LogP contribution in [0, 0.1) is 0 Å². The first kappa shape index (κ1) is 15.5. The largest absolute Gasteiger partial charge is 0.468 e. The van der Waals surface area contributed by atoms with Crippen molar-refractivity contribution in [2.24, 2.45) is 0 Å². The molecule has 1 aliphatic rings. The summed E-state index contributed by atoms with van der Waals surface area (Å²) in [6.07, 6.45) is 5.67. The van der Waals surface area contributed by atoms with Gasteiger partial charge in [0.2, 0.25) is 0 Å². The lowest BCUT2D eigenvalue weighted by molar-refractivity contribution is 0.112. The summed E-state index contributed by atoms with van der Waals surface area (Å²) in [5.41, 5.74) is 1.25. The Hall–Kier alpha value is -0.840. The average molecular weight is 280 g/mol. The first-order chi connectivity index (χ1) is 9.72. The molecule has 1 heterocycles. The second kappa shape index (κ2) is 7.81. The normalized spacial score (nSPS) is 16.8. The Bertz CT molecular complexity index is 388. The van der Waals surface area contributed by atoms with Crippen molar-refractivity contribution in [1.29, 1.82) is 0 Å². The van der Waals surface area contributed by atoms with Crippen molar-refractivity contribution in [2.45, 2.75) is 58.3 Å². The predicted molar refractivity (Wildman–Crippen MR) is 80.6 cm³/mol. The lowest BCUT2D eigenvalue weighted by Gasteiger charge is -2.27. The molecule has 1 aliphatic carbocycles. The molecule has 0 amide bonds. The van der Waals surface area contributed by atoms with E-state index < -0.39 is 0 Å². The van der Waals surface area contributed by atoms with Gasteiger partial charge < -0.3 is 14.5 Å². The Labute approximate surface area is 122 Å². The molecule has 0 aliphatic heterocycles. The van der Waals surface area contributed by atoms with Crippen LogP contribution in [-0.2, 0) is 17.8 Å². The molecule has 1 N–H and O–H groups in total. The second-order valence-corrected chi connectivity index (χ2v) is 5.80. The van der Waals surface area contributed by atoms with Crippen LogP contribution in [0.3, 0.4) is 0 Å². The average Bonchev–Trinajstić information content (AvgIpc) is 3.19. The monoisotopic (exact) mass is 280 g/mol. The fraction of sp³-hybridized carbons (Fsp3) is 0.750. The van der Waals surface area contributed by atoms with Gasteiger partial charge in [0.15, 0.2) is 0 Å². The molecule has 1 atom stereocenters. The molecule has 4 nitrogen and oxygen atoms in total. The van der Waals surface area contributed by atoms with E-state index in [0.717, 1.165) is 44.5 Å². The Balaban J connectivity index is 1.84. The molecular weight excluding hydrogens is 252 g/mol. The minimum Gasteiger partial charge on any atom is -0.468 e. The van der Waals surface area contributed by atoms with Gasteiger partial charge in [0.1, 0.15) is 5.76 Å². The van der Waals surface area contributed by atoms with Gasteiger partial charge >= 0.3 is 0 Å². The number of methoxy groups -OCH3 is 1. The van der Waals surface area contributed by atoms with Gasteiger partial charge in [-0.3, -0.25) is 4.90 Å². The van der Waals surface area contributed by atoms with E-state index in [4.69, 9.17) is 9.15 Å². The summed E-state index contributed by atoms with van der Waals surface area (Å²) in [6.45, 7) is 7.98. The number of hydrogen-bond donors (Lipinski definition) is 1. The Kier molecular flexibility index (Phi) is 6.07.